The maximum Gasteiger partial charge on any atom is 0.163 e. The number of pyridine rings is 1. The number of hydrogen-bond donors (Lipinski definition) is 1. The van der Waals surface area contributed by atoms with Crippen molar-refractivity contribution in [3.05, 3.63) is 42.0 Å². The van der Waals surface area contributed by atoms with Crippen LogP contribution < -0.4 is 0 Å². The van der Waals surface area contributed by atoms with Crippen LogP contribution in [0.2, 0.25) is 0 Å². The van der Waals surface area contributed by atoms with Crippen LogP contribution in [0, 0.1) is 6.92 Å². The lowest BCUT2D eigenvalue weighted by Gasteiger charge is -2.31. The van der Waals surface area contributed by atoms with Crippen LogP contribution in [0.15, 0.2) is 30.7 Å². The van der Waals surface area contributed by atoms with Crippen molar-refractivity contribution in [1.82, 2.24) is 19.4 Å². The highest BCUT2D eigenvalue weighted by Gasteiger charge is 2.30. The van der Waals surface area contributed by atoms with Gasteiger partial charge in [0.15, 0.2) is 5.78 Å². The normalized spacial score (nSPS) is 16.9. The Hall–Kier alpha value is -2.51. The molecule has 1 saturated heterocycles. The highest BCUT2D eigenvalue weighted by molar-refractivity contribution is 6.01. The number of fused-ring (bicyclic) bond motifs is 1. The molecule has 7 heteroatoms. The first-order valence-electron chi connectivity index (χ1n) is 8.78. The highest BCUT2D eigenvalue weighted by atomic mass is 16.5. The van der Waals surface area contributed by atoms with E-state index in [1.165, 1.54) is 0 Å². The summed E-state index contributed by atoms with van der Waals surface area (Å²) in [6, 6.07) is 3.92. The van der Waals surface area contributed by atoms with Crippen LogP contribution in [0.25, 0.3) is 16.6 Å². The summed E-state index contributed by atoms with van der Waals surface area (Å²) in [5.41, 5.74) is 3.46. The third-order valence-corrected chi connectivity index (χ3v) is 5.04. The van der Waals surface area contributed by atoms with E-state index in [0.717, 1.165) is 22.3 Å². The largest absolute Gasteiger partial charge is 0.388 e. The zero-order chi connectivity index (χ0) is 18.3. The van der Waals surface area contributed by atoms with E-state index in [4.69, 9.17) is 4.74 Å². The first-order chi connectivity index (χ1) is 12.5. The molecule has 4 heterocycles. The SMILES string of the molecule is CC(=O)c1cnn2ccc(-c3cn(CC4(O)CCOCC4)nc3C)cc12. The molecule has 1 N–H and O–H groups in total. The molecule has 0 bridgehead atoms. The molecular weight excluding hydrogens is 332 g/mol. The van der Waals surface area contributed by atoms with E-state index in [2.05, 4.69) is 10.2 Å². The van der Waals surface area contributed by atoms with Crippen LogP contribution in [0.4, 0.5) is 0 Å². The smallest absolute Gasteiger partial charge is 0.163 e. The number of rotatable bonds is 4. The molecule has 0 aliphatic carbocycles. The molecule has 4 rings (SSSR count). The van der Waals surface area contributed by atoms with E-state index < -0.39 is 5.60 Å². The number of aryl methyl sites for hydroxylation is 1. The van der Waals surface area contributed by atoms with E-state index in [0.29, 0.717) is 38.2 Å². The van der Waals surface area contributed by atoms with Gasteiger partial charge in [0.2, 0.25) is 0 Å². The van der Waals surface area contributed by atoms with Gasteiger partial charge < -0.3 is 9.84 Å². The van der Waals surface area contributed by atoms with E-state index in [1.54, 1.807) is 17.6 Å². The highest BCUT2D eigenvalue weighted by Crippen LogP contribution is 2.27. The Bertz CT molecular complexity index is 966. The zero-order valence-corrected chi connectivity index (χ0v) is 15.0. The molecule has 0 spiro atoms. The molecule has 1 fully saturated rings. The molecule has 136 valence electrons. The van der Waals surface area contributed by atoms with Crippen molar-refractivity contribution in [2.24, 2.45) is 0 Å². The molecule has 3 aromatic rings. The Morgan fingerprint density at radius 2 is 2.15 bits per heavy atom. The van der Waals surface area contributed by atoms with Gasteiger partial charge in [-0.1, -0.05) is 0 Å². The summed E-state index contributed by atoms with van der Waals surface area (Å²) in [4.78, 5) is 11.8. The quantitative estimate of drug-likeness (QED) is 0.727. The van der Waals surface area contributed by atoms with Gasteiger partial charge in [0.05, 0.1) is 35.1 Å². The van der Waals surface area contributed by atoms with Crippen molar-refractivity contribution in [2.75, 3.05) is 13.2 Å². The van der Waals surface area contributed by atoms with E-state index >= 15 is 0 Å². The van der Waals surface area contributed by atoms with Crippen molar-refractivity contribution < 1.29 is 14.6 Å². The van der Waals surface area contributed by atoms with Crippen molar-refractivity contribution in [3.8, 4) is 11.1 Å². The van der Waals surface area contributed by atoms with Gasteiger partial charge in [0, 0.05) is 44.0 Å². The van der Waals surface area contributed by atoms with Crippen molar-refractivity contribution in [1.29, 1.82) is 0 Å². The maximum absolute atomic E-state index is 11.8. The Morgan fingerprint density at radius 1 is 1.38 bits per heavy atom. The molecule has 3 aromatic heterocycles. The summed E-state index contributed by atoms with van der Waals surface area (Å²) in [7, 11) is 0. The van der Waals surface area contributed by atoms with Crippen molar-refractivity contribution in [3.63, 3.8) is 0 Å². The predicted octanol–water partition coefficient (Wildman–Crippen LogP) is 2.25. The fraction of sp³-hybridized carbons (Fsp3) is 0.421. The lowest BCUT2D eigenvalue weighted by molar-refractivity contribution is -0.0745. The summed E-state index contributed by atoms with van der Waals surface area (Å²) >= 11 is 0. The summed E-state index contributed by atoms with van der Waals surface area (Å²) in [5, 5.41) is 19.5. The van der Waals surface area contributed by atoms with Gasteiger partial charge in [-0.05, 0) is 31.5 Å². The third kappa shape index (κ3) is 3.04. The summed E-state index contributed by atoms with van der Waals surface area (Å²) in [6.07, 6.45) is 6.63. The lowest BCUT2D eigenvalue weighted by atomic mass is 9.94. The van der Waals surface area contributed by atoms with Crippen LogP contribution >= 0.6 is 0 Å². The molecule has 0 saturated carbocycles. The molecular formula is C19H22N4O3. The monoisotopic (exact) mass is 354 g/mol. The van der Waals surface area contributed by atoms with Gasteiger partial charge in [0.1, 0.15) is 0 Å². The molecule has 0 unspecified atom stereocenters. The van der Waals surface area contributed by atoms with Crippen molar-refractivity contribution in [2.45, 2.75) is 38.8 Å². The average molecular weight is 354 g/mol. The molecule has 0 aromatic carbocycles. The second-order valence-electron chi connectivity index (χ2n) is 7.02. The number of hydrogen-bond acceptors (Lipinski definition) is 5. The van der Waals surface area contributed by atoms with Crippen LogP contribution in [0.1, 0.15) is 35.8 Å². The van der Waals surface area contributed by atoms with Gasteiger partial charge in [0.25, 0.3) is 0 Å². The number of Topliss-reactive ketones (excluding diaryl/α,β-unsaturated/α-hetero) is 1. The van der Waals surface area contributed by atoms with E-state index in [9.17, 15) is 9.90 Å². The van der Waals surface area contributed by atoms with Gasteiger partial charge >= 0.3 is 0 Å². The van der Waals surface area contributed by atoms with Crippen LogP contribution in [0.5, 0.6) is 0 Å². The molecule has 1 aliphatic rings. The molecule has 7 nitrogen and oxygen atoms in total. The fourth-order valence-corrected chi connectivity index (χ4v) is 3.51. The van der Waals surface area contributed by atoms with Crippen molar-refractivity contribution >= 4 is 11.3 Å². The minimum absolute atomic E-state index is 0.00805. The van der Waals surface area contributed by atoms with Crippen LogP contribution in [-0.4, -0.2) is 49.1 Å². The minimum Gasteiger partial charge on any atom is -0.388 e. The number of ether oxygens (including phenoxy) is 1. The second kappa shape index (κ2) is 6.34. The van der Waals surface area contributed by atoms with Gasteiger partial charge in [-0.3, -0.25) is 9.48 Å². The molecule has 0 atom stereocenters. The minimum atomic E-state index is -0.773. The van der Waals surface area contributed by atoms with Gasteiger partial charge in [-0.2, -0.15) is 10.2 Å². The number of aliphatic hydroxyl groups is 1. The first-order valence-corrected chi connectivity index (χ1v) is 8.78. The zero-order valence-electron chi connectivity index (χ0n) is 15.0. The second-order valence-corrected chi connectivity index (χ2v) is 7.02. The van der Waals surface area contributed by atoms with E-state index in [-0.39, 0.29) is 5.78 Å². The van der Waals surface area contributed by atoms with Crippen LogP contribution in [0.3, 0.4) is 0 Å². The summed E-state index contributed by atoms with van der Waals surface area (Å²) < 4.78 is 8.85. The molecule has 26 heavy (non-hydrogen) atoms. The lowest BCUT2D eigenvalue weighted by Crippen LogP contribution is -2.40. The Labute approximate surface area is 151 Å². The topological polar surface area (TPSA) is 81.7 Å². The average Bonchev–Trinajstić information content (AvgIpc) is 3.17. The van der Waals surface area contributed by atoms with E-state index in [1.807, 2.05) is 36.1 Å². The third-order valence-electron chi connectivity index (χ3n) is 5.04. The Morgan fingerprint density at radius 3 is 2.88 bits per heavy atom. The first kappa shape index (κ1) is 16.9. The maximum atomic E-state index is 11.8. The summed E-state index contributed by atoms with van der Waals surface area (Å²) in [5.74, 6) is -0.00805. The van der Waals surface area contributed by atoms with Gasteiger partial charge in [-0.15, -0.1) is 0 Å². The molecule has 1 aliphatic heterocycles. The standard InChI is InChI=1S/C19H22N4O3/c1-13-17(11-22(21-13)12-19(25)4-7-26-8-5-19)15-3-6-23-18(9-15)16(10-20-23)14(2)24/h3,6,9-11,25H,4-5,7-8,12H2,1-2H3. The summed E-state index contributed by atoms with van der Waals surface area (Å²) in [6.45, 7) is 5.10. The number of nitrogens with zero attached hydrogens (tertiary/aromatic N) is 4. The number of ketones is 1. The Kier molecular flexibility index (Phi) is 4.13. The fourth-order valence-electron chi connectivity index (χ4n) is 3.51. The predicted molar refractivity (Wildman–Crippen MR) is 96.2 cm³/mol. The van der Waals surface area contributed by atoms with Crippen LogP contribution in [-0.2, 0) is 11.3 Å². The number of carbonyl (C=O) groups excluding carboxylic acids is 1. The molecule has 0 amide bonds. The van der Waals surface area contributed by atoms with Gasteiger partial charge in [-0.25, -0.2) is 4.52 Å². The number of carbonyl (C=O) groups is 1. The molecule has 0 radical (unpaired) electrons. The Balaban J connectivity index is 1.68. The number of aromatic nitrogens is 4.